The number of benzene rings is 1. The molecule has 0 fully saturated rings. The lowest BCUT2D eigenvalue weighted by molar-refractivity contribution is 0.280. The van der Waals surface area contributed by atoms with Gasteiger partial charge < -0.3 is 15.0 Å². The van der Waals surface area contributed by atoms with Crippen molar-refractivity contribution in [1.29, 1.82) is 0 Å². The van der Waals surface area contributed by atoms with Gasteiger partial charge in [0.05, 0.1) is 7.11 Å². The van der Waals surface area contributed by atoms with Gasteiger partial charge in [0.25, 0.3) is 0 Å². The zero-order valence-electron chi connectivity index (χ0n) is 13.1. The minimum absolute atomic E-state index is 0.272. The molecule has 0 aliphatic rings. The van der Waals surface area contributed by atoms with Gasteiger partial charge >= 0.3 is 0 Å². The number of hydrogen-bond acceptors (Lipinski definition) is 3. The van der Waals surface area contributed by atoms with Gasteiger partial charge in [-0.3, -0.25) is 0 Å². The molecule has 0 radical (unpaired) electrons. The van der Waals surface area contributed by atoms with Crippen LogP contribution in [0.2, 0.25) is 5.02 Å². The van der Waals surface area contributed by atoms with Gasteiger partial charge in [0.1, 0.15) is 5.75 Å². The van der Waals surface area contributed by atoms with E-state index in [-0.39, 0.29) is 6.04 Å². The Bertz CT molecular complexity index is 394. The molecule has 1 rings (SSSR count). The molecule has 1 N–H and O–H groups in total. The first-order valence-corrected chi connectivity index (χ1v) is 7.83. The molecule has 0 bridgehead atoms. The van der Waals surface area contributed by atoms with E-state index in [2.05, 4.69) is 31.0 Å². The third-order valence-corrected chi connectivity index (χ3v) is 3.88. The summed E-state index contributed by atoms with van der Waals surface area (Å²) in [5, 5.41) is 4.30. The Morgan fingerprint density at radius 1 is 1.25 bits per heavy atom. The quantitative estimate of drug-likeness (QED) is 0.752. The average Bonchev–Trinajstić information content (AvgIpc) is 2.47. The second-order valence-electron chi connectivity index (χ2n) is 4.81. The minimum Gasteiger partial charge on any atom is -0.496 e. The first kappa shape index (κ1) is 17.3. The first-order valence-electron chi connectivity index (χ1n) is 7.45. The molecule has 0 saturated carbocycles. The van der Waals surface area contributed by atoms with Gasteiger partial charge in [-0.1, -0.05) is 32.4 Å². The molecule has 20 heavy (non-hydrogen) atoms. The van der Waals surface area contributed by atoms with Crippen molar-refractivity contribution in [3.8, 4) is 5.75 Å². The Kier molecular flexibility index (Phi) is 7.97. The van der Waals surface area contributed by atoms with E-state index in [1.165, 1.54) is 0 Å². The van der Waals surface area contributed by atoms with Gasteiger partial charge in [-0.2, -0.15) is 0 Å². The van der Waals surface area contributed by atoms with Crippen molar-refractivity contribution in [3.05, 3.63) is 28.8 Å². The SMILES string of the molecule is CCNC(CCN(CC)CC)c1cc(Cl)ccc1OC. The monoisotopic (exact) mass is 298 g/mol. The van der Waals surface area contributed by atoms with E-state index < -0.39 is 0 Å². The minimum atomic E-state index is 0.272. The van der Waals surface area contributed by atoms with Gasteiger partial charge in [0, 0.05) is 16.6 Å². The maximum absolute atomic E-state index is 6.14. The van der Waals surface area contributed by atoms with Crippen molar-refractivity contribution in [2.24, 2.45) is 0 Å². The standard InChI is InChI=1S/C16H27ClN2O/c1-5-18-15(10-11-19(6-2)7-3)14-12-13(17)8-9-16(14)20-4/h8-9,12,15,18H,5-7,10-11H2,1-4H3. The molecule has 0 amide bonds. The summed E-state index contributed by atoms with van der Waals surface area (Å²) in [7, 11) is 1.71. The molecule has 0 saturated heterocycles. The summed E-state index contributed by atoms with van der Waals surface area (Å²) in [5.41, 5.74) is 1.15. The van der Waals surface area contributed by atoms with Crippen molar-refractivity contribution in [2.75, 3.05) is 33.3 Å². The molecule has 1 unspecified atom stereocenters. The molecule has 0 heterocycles. The van der Waals surface area contributed by atoms with Gasteiger partial charge in [-0.25, -0.2) is 0 Å². The van der Waals surface area contributed by atoms with E-state index >= 15 is 0 Å². The molecular formula is C16H27ClN2O. The van der Waals surface area contributed by atoms with E-state index in [1.807, 2.05) is 18.2 Å². The van der Waals surface area contributed by atoms with Crippen molar-refractivity contribution in [3.63, 3.8) is 0 Å². The maximum Gasteiger partial charge on any atom is 0.123 e. The predicted octanol–water partition coefficient (Wildman–Crippen LogP) is 3.73. The Balaban J connectivity index is 2.86. The van der Waals surface area contributed by atoms with Crippen molar-refractivity contribution in [1.82, 2.24) is 10.2 Å². The van der Waals surface area contributed by atoms with Crippen molar-refractivity contribution >= 4 is 11.6 Å². The Morgan fingerprint density at radius 3 is 2.50 bits per heavy atom. The molecule has 1 aromatic carbocycles. The molecule has 0 aliphatic heterocycles. The highest BCUT2D eigenvalue weighted by Crippen LogP contribution is 2.30. The first-order chi connectivity index (χ1) is 9.65. The fourth-order valence-electron chi connectivity index (χ4n) is 2.44. The van der Waals surface area contributed by atoms with E-state index in [0.717, 1.165) is 48.9 Å². The summed E-state index contributed by atoms with van der Waals surface area (Å²) in [6.45, 7) is 10.7. The lowest BCUT2D eigenvalue weighted by Gasteiger charge is -2.25. The lowest BCUT2D eigenvalue weighted by atomic mass is 10.0. The molecule has 0 aliphatic carbocycles. The van der Waals surface area contributed by atoms with Crippen LogP contribution in [0.1, 0.15) is 38.8 Å². The number of ether oxygens (including phenoxy) is 1. The predicted molar refractivity (Wildman–Crippen MR) is 86.8 cm³/mol. The molecule has 1 atom stereocenters. The van der Waals surface area contributed by atoms with Crippen LogP contribution in [0.4, 0.5) is 0 Å². The molecule has 0 spiro atoms. The molecule has 3 nitrogen and oxygen atoms in total. The van der Waals surface area contributed by atoms with Crippen molar-refractivity contribution < 1.29 is 4.74 Å². The second-order valence-corrected chi connectivity index (χ2v) is 5.25. The fourth-order valence-corrected chi connectivity index (χ4v) is 2.62. The largest absolute Gasteiger partial charge is 0.496 e. The Morgan fingerprint density at radius 2 is 1.95 bits per heavy atom. The summed E-state index contributed by atoms with van der Waals surface area (Å²) in [6.07, 6.45) is 1.05. The number of methoxy groups -OCH3 is 1. The fraction of sp³-hybridized carbons (Fsp3) is 0.625. The molecule has 4 heteroatoms. The Hall–Kier alpha value is -0.770. The molecular weight excluding hydrogens is 272 g/mol. The third kappa shape index (κ3) is 4.97. The van der Waals surface area contributed by atoms with E-state index in [4.69, 9.17) is 16.3 Å². The lowest BCUT2D eigenvalue weighted by Crippen LogP contribution is -2.29. The summed E-state index contributed by atoms with van der Waals surface area (Å²) in [4.78, 5) is 2.43. The van der Waals surface area contributed by atoms with Crippen molar-refractivity contribution in [2.45, 2.75) is 33.2 Å². The normalized spacial score (nSPS) is 12.7. The number of nitrogens with one attached hydrogen (secondary N) is 1. The third-order valence-electron chi connectivity index (χ3n) is 3.65. The van der Waals surface area contributed by atoms with Gasteiger partial charge in [0.2, 0.25) is 0 Å². The summed E-state index contributed by atoms with van der Waals surface area (Å²) in [5.74, 6) is 0.903. The highest BCUT2D eigenvalue weighted by Gasteiger charge is 2.16. The van der Waals surface area contributed by atoms with E-state index in [0.29, 0.717) is 0 Å². The summed E-state index contributed by atoms with van der Waals surface area (Å²) < 4.78 is 5.47. The van der Waals surface area contributed by atoms with Crippen LogP contribution < -0.4 is 10.1 Å². The smallest absolute Gasteiger partial charge is 0.123 e. The molecule has 1 aromatic rings. The number of nitrogens with zero attached hydrogens (tertiary/aromatic N) is 1. The number of rotatable bonds is 9. The van der Waals surface area contributed by atoms with Gasteiger partial charge in [-0.05, 0) is 50.8 Å². The van der Waals surface area contributed by atoms with Gasteiger partial charge in [-0.15, -0.1) is 0 Å². The van der Waals surface area contributed by atoms with Crippen LogP contribution in [0.25, 0.3) is 0 Å². The number of hydrogen-bond donors (Lipinski definition) is 1. The maximum atomic E-state index is 6.14. The zero-order valence-corrected chi connectivity index (χ0v) is 13.8. The zero-order chi connectivity index (χ0) is 15.0. The van der Waals surface area contributed by atoms with Crippen LogP contribution in [0, 0.1) is 0 Å². The van der Waals surface area contributed by atoms with Crippen LogP contribution in [0.3, 0.4) is 0 Å². The van der Waals surface area contributed by atoms with Crippen LogP contribution in [-0.2, 0) is 0 Å². The van der Waals surface area contributed by atoms with E-state index in [9.17, 15) is 0 Å². The highest BCUT2D eigenvalue weighted by atomic mass is 35.5. The topological polar surface area (TPSA) is 24.5 Å². The average molecular weight is 299 g/mol. The number of halogens is 1. The van der Waals surface area contributed by atoms with Crippen LogP contribution in [0.5, 0.6) is 5.75 Å². The Labute approximate surface area is 128 Å². The summed E-state index contributed by atoms with van der Waals surface area (Å²) >= 11 is 6.14. The van der Waals surface area contributed by atoms with E-state index in [1.54, 1.807) is 7.11 Å². The van der Waals surface area contributed by atoms with Crippen LogP contribution in [-0.4, -0.2) is 38.2 Å². The van der Waals surface area contributed by atoms with Crippen LogP contribution >= 0.6 is 11.6 Å². The van der Waals surface area contributed by atoms with Crippen LogP contribution in [0.15, 0.2) is 18.2 Å². The summed E-state index contributed by atoms with van der Waals surface area (Å²) in [6, 6.07) is 6.10. The second kappa shape index (κ2) is 9.22. The highest BCUT2D eigenvalue weighted by molar-refractivity contribution is 6.30. The van der Waals surface area contributed by atoms with Gasteiger partial charge in [0.15, 0.2) is 0 Å². The molecule has 114 valence electrons. The molecule has 0 aromatic heterocycles.